The van der Waals surface area contributed by atoms with Gasteiger partial charge in [0.25, 0.3) is 0 Å². The summed E-state index contributed by atoms with van der Waals surface area (Å²) in [5.41, 5.74) is 5.59. The first-order valence-corrected chi connectivity index (χ1v) is 2.98. The monoisotopic (exact) mass is 125 g/mol. The van der Waals surface area contributed by atoms with Crippen molar-refractivity contribution in [1.29, 1.82) is 0 Å². The summed E-state index contributed by atoms with van der Waals surface area (Å²) in [6.07, 6.45) is 3.42. The van der Waals surface area contributed by atoms with E-state index < -0.39 is 0 Å². The van der Waals surface area contributed by atoms with E-state index in [1.54, 1.807) is 12.4 Å². The van der Waals surface area contributed by atoms with Crippen LogP contribution in [0.1, 0.15) is 0 Å². The normalized spacial score (nSPS) is 20.3. The van der Waals surface area contributed by atoms with Crippen molar-refractivity contribution in [1.82, 2.24) is 4.90 Å². The van der Waals surface area contributed by atoms with Crippen LogP contribution >= 0.6 is 0 Å². The Morgan fingerprint density at radius 2 is 2.67 bits per heavy atom. The molecule has 1 heterocycles. The molecule has 3 heteroatoms. The quantitative estimate of drug-likeness (QED) is 0.519. The van der Waals surface area contributed by atoms with Gasteiger partial charge < -0.3 is 10.6 Å². The topological polar surface area (TPSA) is 41.6 Å². The van der Waals surface area contributed by atoms with Gasteiger partial charge in [0.15, 0.2) is 0 Å². The van der Waals surface area contributed by atoms with E-state index in [4.69, 9.17) is 5.73 Å². The van der Waals surface area contributed by atoms with Crippen molar-refractivity contribution in [2.45, 2.75) is 6.17 Å². The Kier molecular flexibility index (Phi) is 1.85. The van der Waals surface area contributed by atoms with Crippen LogP contribution < -0.4 is 5.73 Å². The predicted molar refractivity (Wildman–Crippen MR) is 38.2 cm³/mol. The van der Waals surface area contributed by atoms with Gasteiger partial charge in [-0.25, -0.2) is 0 Å². The van der Waals surface area contributed by atoms with Gasteiger partial charge in [0.2, 0.25) is 0 Å². The van der Waals surface area contributed by atoms with Crippen LogP contribution in [0.2, 0.25) is 0 Å². The second-order valence-electron chi connectivity index (χ2n) is 1.99. The van der Waals surface area contributed by atoms with Crippen LogP contribution in [0.3, 0.4) is 0 Å². The van der Waals surface area contributed by atoms with E-state index in [2.05, 4.69) is 11.6 Å². The van der Waals surface area contributed by atoms with E-state index >= 15 is 0 Å². The highest BCUT2D eigenvalue weighted by Gasteiger charge is 2.09. The summed E-state index contributed by atoms with van der Waals surface area (Å²) >= 11 is 0. The van der Waals surface area contributed by atoms with Gasteiger partial charge in [-0.05, 0) is 0 Å². The molecule has 0 aromatic carbocycles. The first-order chi connectivity index (χ1) is 4.34. The molecule has 0 aliphatic carbocycles. The lowest BCUT2D eigenvalue weighted by atomic mass is 10.4. The third kappa shape index (κ3) is 1.29. The van der Waals surface area contributed by atoms with Crippen LogP contribution in [0.25, 0.3) is 0 Å². The average Bonchev–Trinajstić information content (AvgIpc) is 2.37. The largest absolute Gasteiger partial charge is 0.342 e. The highest BCUT2D eigenvalue weighted by atomic mass is 15.3. The molecule has 0 spiro atoms. The van der Waals surface area contributed by atoms with Crippen molar-refractivity contribution in [3.05, 3.63) is 12.7 Å². The summed E-state index contributed by atoms with van der Waals surface area (Å²) in [6, 6.07) is 0. The number of nitrogens with two attached hydrogens (primary N) is 1. The Hall–Kier alpha value is -0.830. The number of hydrogen-bond donors (Lipinski definition) is 1. The molecule has 1 atom stereocenters. The maximum absolute atomic E-state index is 5.59. The molecule has 50 valence electrons. The van der Waals surface area contributed by atoms with E-state index in [0.29, 0.717) is 0 Å². The van der Waals surface area contributed by atoms with E-state index in [9.17, 15) is 0 Å². The molecule has 0 saturated heterocycles. The number of nitrogens with zero attached hydrogens (tertiary/aromatic N) is 2. The molecule has 0 bridgehead atoms. The van der Waals surface area contributed by atoms with Crippen LogP contribution in [-0.2, 0) is 0 Å². The molecule has 0 aromatic rings. The van der Waals surface area contributed by atoms with Gasteiger partial charge in [0, 0.05) is 6.54 Å². The lowest BCUT2D eigenvalue weighted by Crippen LogP contribution is -2.38. The third-order valence-electron chi connectivity index (χ3n) is 1.34. The molecular formula is C6H11N3. The summed E-state index contributed by atoms with van der Waals surface area (Å²) in [5.74, 6) is 0. The third-order valence-corrected chi connectivity index (χ3v) is 1.34. The Morgan fingerprint density at radius 3 is 3.11 bits per heavy atom. The highest BCUT2D eigenvalue weighted by Crippen LogP contribution is 1.96. The van der Waals surface area contributed by atoms with Crippen LogP contribution in [-0.4, -0.2) is 30.5 Å². The van der Waals surface area contributed by atoms with Crippen LogP contribution in [0, 0.1) is 0 Å². The molecule has 0 aromatic heterocycles. The second kappa shape index (κ2) is 2.64. The standard InChI is InChI=1S/C6H11N3/c1-2-6(7)9-4-3-8-5-9/h2,5-6H,1,3-4,7H2. The Morgan fingerprint density at radius 1 is 1.89 bits per heavy atom. The molecule has 3 nitrogen and oxygen atoms in total. The van der Waals surface area contributed by atoms with Crippen LogP contribution in [0.4, 0.5) is 0 Å². The highest BCUT2D eigenvalue weighted by molar-refractivity contribution is 5.57. The first-order valence-electron chi connectivity index (χ1n) is 2.98. The SMILES string of the molecule is C=CC(N)N1C=NCC1. The summed E-state index contributed by atoms with van der Waals surface area (Å²) in [4.78, 5) is 5.96. The van der Waals surface area contributed by atoms with E-state index in [0.717, 1.165) is 13.1 Å². The molecule has 0 fully saturated rings. The van der Waals surface area contributed by atoms with E-state index in [-0.39, 0.29) is 6.17 Å². The summed E-state index contributed by atoms with van der Waals surface area (Å²) in [5, 5.41) is 0. The Bertz CT molecular complexity index is 130. The summed E-state index contributed by atoms with van der Waals surface area (Å²) < 4.78 is 0. The lowest BCUT2D eigenvalue weighted by Gasteiger charge is -2.18. The second-order valence-corrected chi connectivity index (χ2v) is 1.99. The van der Waals surface area contributed by atoms with Crippen molar-refractivity contribution in [3.8, 4) is 0 Å². The van der Waals surface area contributed by atoms with Crippen molar-refractivity contribution >= 4 is 6.34 Å². The van der Waals surface area contributed by atoms with Crippen LogP contribution in [0.5, 0.6) is 0 Å². The maximum atomic E-state index is 5.59. The van der Waals surface area contributed by atoms with Gasteiger partial charge in [-0.2, -0.15) is 0 Å². The summed E-state index contributed by atoms with van der Waals surface area (Å²) in [7, 11) is 0. The van der Waals surface area contributed by atoms with Crippen molar-refractivity contribution in [2.75, 3.05) is 13.1 Å². The molecule has 0 amide bonds. The summed E-state index contributed by atoms with van der Waals surface area (Å²) in [6.45, 7) is 5.36. The Labute approximate surface area is 54.9 Å². The maximum Gasteiger partial charge on any atom is 0.0967 e. The fraction of sp³-hybridized carbons (Fsp3) is 0.500. The molecular weight excluding hydrogens is 114 g/mol. The van der Waals surface area contributed by atoms with Crippen molar-refractivity contribution in [2.24, 2.45) is 10.7 Å². The molecule has 1 rings (SSSR count). The molecule has 1 unspecified atom stereocenters. The van der Waals surface area contributed by atoms with Gasteiger partial charge in [-0.3, -0.25) is 4.99 Å². The number of aliphatic imine (C=N–C) groups is 1. The molecule has 0 radical (unpaired) electrons. The predicted octanol–water partition coefficient (Wildman–Crippen LogP) is -0.199. The minimum absolute atomic E-state index is 0.0590. The van der Waals surface area contributed by atoms with E-state index in [1.165, 1.54) is 0 Å². The number of rotatable bonds is 2. The fourth-order valence-electron chi connectivity index (χ4n) is 0.755. The van der Waals surface area contributed by atoms with Gasteiger partial charge in [-0.15, -0.1) is 0 Å². The average molecular weight is 125 g/mol. The molecule has 1 aliphatic heterocycles. The number of hydrogen-bond acceptors (Lipinski definition) is 3. The fourth-order valence-corrected chi connectivity index (χ4v) is 0.755. The van der Waals surface area contributed by atoms with Crippen LogP contribution in [0.15, 0.2) is 17.6 Å². The van der Waals surface area contributed by atoms with Gasteiger partial charge >= 0.3 is 0 Å². The van der Waals surface area contributed by atoms with E-state index in [1.807, 2.05) is 4.90 Å². The van der Waals surface area contributed by atoms with Crippen molar-refractivity contribution < 1.29 is 0 Å². The zero-order valence-electron chi connectivity index (χ0n) is 5.33. The Balaban J connectivity index is 2.42. The molecule has 2 N–H and O–H groups in total. The smallest absolute Gasteiger partial charge is 0.0967 e. The van der Waals surface area contributed by atoms with Crippen molar-refractivity contribution in [3.63, 3.8) is 0 Å². The minimum Gasteiger partial charge on any atom is -0.342 e. The minimum atomic E-state index is -0.0590. The molecule has 0 saturated carbocycles. The first kappa shape index (κ1) is 6.29. The van der Waals surface area contributed by atoms with Gasteiger partial charge in [0.05, 0.1) is 19.0 Å². The molecule has 1 aliphatic rings. The zero-order valence-corrected chi connectivity index (χ0v) is 5.33. The molecule has 9 heavy (non-hydrogen) atoms. The van der Waals surface area contributed by atoms with Gasteiger partial charge in [0.1, 0.15) is 0 Å². The lowest BCUT2D eigenvalue weighted by molar-refractivity contribution is 0.407. The van der Waals surface area contributed by atoms with Gasteiger partial charge in [-0.1, -0.05) is 12.7 Å². The zero-order chi connectivity index (χ0) is 6.69.